The SMILES string of the molecule is Clc1ccc(C(c2cc3ccccc3[nH]2)c2cc3ccccc3[nH]2)cc1. The van der Waals surface area contributed by atoms with Crippen LogP contribution in [0.15, 0.2) is 84.9 Å². The zero-order valence-electron chi connectivity index (χ0n) is 14.0. The van der Waals surface area contributed by atoms with Crippen LogP contribution in [-0.2, 0) is 0 Å². The van der Waals surface area contributed by atoms with Gasteiger partial charge in [-0.3, -0.25) is 0 Å². The highest BCUT2D eigenvalue weighted by Crippen LogP contribution is 2.34. The van der Waals surface area contributed by atoms with Crippen molar-refractivity contribution in [2.75, 3.05) is 0 Å². The molecule has 0 unspecified atom stereocenters. The summed E-state index contributed by atoms with van der Waals surface area (Å²) in [6.07, 6.45) is 0. The van der Waals surface area contributed by atoms with Gasteiger partial charge in [0.2, 0.25) is 0 Å². The molecule has 2 N–H and O–H groups in total. The third kappa shape index (κ3) is 2.59. The highest BCUT2D eigenvalue weighted by atomic mass is 35.5. The molecule has 5 rings (SSSR count). The zero-order valence-corrected chi connectivity index (χ0v) is 14.8. The molecule has 0 saturated carbocycles. The van der Waals surface area contributed by atoms with Gasteiger partial charge in [0.1, 0.15) is 0 Å². The van der Waals surface area contributed by atoms with Gasteiger partial charge in [0.15, 0.2) is 0 Å². The van der Waals surface area contributed by atoms with Crippen LogP contribution in [0, 0.1) is 0 Å². The predicted octanol–water partition coefficient (Wildman–Crippen LogP) is 6.48. The first-order valence-corrected chi connectivity index (χ1v) is 9.06. The van der Waals surface area contributed by atoms with Crippen molar-refractivity contribution in [2.45, 2.75) is 5.92 Å². The third-order valence-electron chi connectivity index (χ3n) is 4.93. The van der Waals surface area contributed by atoms with Gasteiger partial charge in [-0.1, -0.05) is 60.1 Å². The minimum atomic E-state index is 0.0899. The van der Waals surface area contributed by atoms with E-state index in [0.717, 1.165) is 16.1 Å². The van der Waals surface area contributed by atoms with E-state index in [4.69, 9.17) is 11.6 Å². The maximum Gasteiger partial charge on any atom is 0.0642 e. The number of H-pyrrole nitrogens is 2. The first-order valence-electron chi connectivity index (χ1n) is 8.69. The van der Waals surface area contributed by atoms with Gasteiger partial charge >= 0.3 is 0 Å². The number of halogens is 1. The summed E-state index contributed by atoms with van der Waals surface area (Å²) in [6, 6.07) is 29.3. The number of para-hydroxylation sites is 2. The van der Waals surface area contributed by atoms with Gasteiger partial charge in [0.05, 0.1) is 5.92 Å². The minimum Gasteiger partial charge on any atom is -0.358 e. The monoisotopic (exact) mass is 356 g/mol. The molecule has 0 amide bonds. The Kier molecular flexibility index (Phi) is 3.58. The van der Waals surface area contributed by atoms with E-state index in [1.54, 1.807) is 0 Å². The second kappa shape index (κ2) is 6.08. The molecule has 0 bridgehead atoms. The Hall–Kier alpha value is -2.97. The largest absolute Gasteiger partial charge is 0.358 e. The summed E-state index contributed by atoms with van der Waals surface area (Å²) in [6.45, 7) is 0. The minimum absolute atomic E-state index is 0.0899. The van der Waals surface area contributed by atoms with E-state index >= 15 is 0 Å². The number of rotatable bonds is 3. The zero-order chi connectivity index (χ0) is 17.5. The summed E-state index contributed by atoms with van der Waals surface area (Å²) in [5, 5.41) is 3.19. The van der Waals surface area contributed by atoms with Gasteiger partial charge in [-0.2, -0.15) is 0 Å². The van der Waals surface area contributed by atoms with E-state index in [2.05, 4.69) is 82.8 Å². The lowest BCUT2D eigenvalue weighted by atomic mass is 9.92. The lowest BCUT2D eigenvalue weighted by molar-refractivity contribution is 0.906. The standard InChI is InChI=1S/C23H17ClN2/c24-18-11-9-15(10-12-18)23(21-13-16-5-1-3-7-19(16)25-21)22-14-17-6-2-4-8-20(17)26-22/h1-14,23,25-26H. The van der Waals surface area contributed by atoms with E-state index in [9.17, 15) is 0 Å². The Morgan fingerprint density at radius 2 is 1.12 bits per heavy atom. The van der Waals surface area contributed by atoms with Gasteiger partial charge in [-0.15, -0.1) is 0 Å². The van der Waals surface area contributed by atoms with Gasteiger partial charge in [0, 0.05) is 27.4 Å². The van der Waals surface area contributed by atoms with Crippen LogP contribution in [0.2, 0.25) is 5.02 Å². The van der Waals surface area contributed by atoms with Gasteiger partial charge in [-0.05, 0) is 52.7 Å². The molecule has 5 aromatic rings. The Bertz CT molecular complexity index is 1060. The molecule has 2 nitrogen and oxygen atoms in total. The van der Waals surface area contributed by atoms with Crippen LogP contribution in [0.3, 0.4) is 0 Å². The van der Waals surface area contributed by atoms with E-state index in [1.807, 2.05) is 12.1 Å². The Morgan fingerprint density at radius 3 is 1.62 bits per heavy atom. The molecule has 0 radical (unpaired) electrons. The molecule has 26 heavy (non-hydrogen) atoms. The smallest absolute Gasteiger partial charge is 0.0642 e. The fourth-order valence-corrected chi connectivity index (χ4v) is 3.81. The number of hydrogen-bond donors (Lipinski definition) is 2. The van der Waals surface area contributed by atoms with E-state index in [1.165, 1.54) is 27.7 Å². The normalized spacial score (nSPS) is 11.6. The van der Waals surface area contributed by atoms with Crippen LogP contribution >= 0.6 is 11.6 Å². The molecule has 0 aliphatic heterocycles. The van der Waals surface area contributed by atoms with Crippen LogP contribution in [0.4, 0.5) is 0 Å². The molecule has 126 valence electrons. The Balaban J connectivity index is 1.72. The molecule has 2 aromatic heterocycles. The quantitative estimate of drug-likeness (QED) is 0.370. The first-order chi connectivity index (χ1) is 12.8. The van der Waals surface area contributed by atoms with Crippen molar-refractivity contribution in [3.63, 3.8) is 0 Å². The maximum atomic E-state index is 6.12. The Morgan fingerprint density at radius 1 is 0.615 bits per heavy atom. The van der Waals surface area contributed by atoms with Crippen LogP contribution in [0.25, 0.3) is 21.8 Å². The molecular formula is C23H17ClN2. The van der Waals surface area contributed by atoms with Crippen molar-refractivity contribution in [1.29, 1.82) is 0 Å². The summed E-state index contributed by atoms with van der Waals surface area (Å²) >= 11 is 6.12. The van der Waals surface area contributed by atoms with Crippen molar-refractivity contribution in [3.8, 4) is 0 Å². The van der Waals surface area contributed by atoms with Crippen molar-refractivity contribution in [1.82, 2.24) is 9.97 Å². The van der Waals surface area contributed by atoms with Gasteiger partial charge < -0.3 is 9.97 Å². The third-order valence-corrected chi connectivity index (χ3v) is 5.18. The molecule has 3 heteroatoms. The average molecular weight is 357 g/mol. The molecule has 0 atom stereocenters. The summed E-state index contributed by atoms with van der Waals surface area (Å²) in [7, 11) is 0. The Labute approximate surface area is 156 Å². The van der Waals surface area contributed by atoms with Crippen LogP contribution in [0.5, 0.6) is 0 Å². The first kappa shape index (κ1) is 15.3. The maximum absolute atomic E-state index is 6.12. The highest BCUT2D eigenvalue weighted by Gasteiger charge is 2.21. The lowest BCUT2D eigenvalue weighted by Crippen LogP contribution is -2.04. The topological polar surface area (TPSA) is 31.6 Å². The molecular weight excluding hydrogens is 340 g/mol. The second-order valence-corrected chi connectivity index (χ2v) is 7.04. The highest BCUT2D eigenvalue weighted by molar-refractivity contribution is 6.30. The molecule has 0 aliphatic rings. The van der Waals surface area contributed by atoms with Crippen LogP contribution < -0.4 is 0 Å². The summed E-state index contributed by atoms with van der Waals surface area (Å²) in [5.41, 5.74) is 5.84. The van der Waals surface area contributed by atoms with Crippen LogP contribution in [-0.4, -0.2) is 9.97 Å². The number of benzene rings is 3. The second-order valence-electron chi connectivity index (χ2n) is 6.61. The molecule has 0 spiro atoms. The predicted molar refractivity (Wildman–Crippen MR) is 109 cm³/mol. The summed E-state index contributed by atoms with van der Waals surface area (Å²) in [4.78, 5) is 7.20. The van der Waals surface area contributed by atoms with Crippen molar-refractivity contribution < 1.29 is 0 Å². The molecule has 0 saturated heterocycles. The van der Waals surface area contributed by atoms with Crippen LogP contribution in [0.1, 0.15) is 22.9 Å². The van der Waals surface area contributed by atoms with Gasteiger partial charge in [0.25, 0.3) is 0 Å². The number of aromatic nitrogens is 2. The molecule has 0 aliphatic carbocycles. The lowest BCUT2D eigenvalue weighted by Gasteiger charge is -2.15. The fraction of sp³-hybridized carbons (Fsp3) is 0.0435. The van der Waals surface area contributed by atoms with Crippen molar-refractivity contribution in [3.05, 3.63) is 107 Å². The molecule has 3 aromatic carbocycles. The van der Waals surface area contributed by atoms with Crippen molar-refractivity contribution >= 4 is 33.4 Å². The van der Waals surface area contributed by atoms with E-state index in [0.29, 0.717) is 0 Å². The number of nitrogens with one attached hydrogen (secondary N) is 2. The summed E-state index contributed by atoms with van der Waals surface area (Å²) in [5.74, 6) is 0.0899. The van der Waals surface area contributed by atoms with E-state index in [-0.39, 0.29) is 5.92 Å². The van der Waals surface area contributed by atoms with E-state index < -0.39 is 0 Å². The fourth-order valence-electron chi connectivity index (χ4n) is 3.68. The molecule has 2 heterocycles. The number of aromatic amines is 2. The average Bonchev–Trinajstić information content (AvgIpc) is 3.27. The summed E-state index contributed by atoms with van der Waals surface area (Å²) < 4.78 is 0. The molecule has 0 fully saturated rings. The number of hydrogen-bond acceptors (Lipinski definition) is 0. The van der Waals surface area contributed by atoms with Gasteiger partial charge in [-0.25, -0.2) is 0 Å². The number of fused-ring (bicyclic) bond motifs is 2. The van der Waals surface area contributed by atoms with Crippen molar-refractivity contribution in [2.24, 2.45) is 0 Å².